The summed E-state index contributed by atoms with van der Waals surface area (Å²) in [5.74, 6) is -0.901. The van der Waals surface area contributed by atoms with E-state index in [2.05, 4.69) is 0 Å². The Kier molecular flexibility index (Phi) is 3.19. The Balaban J connectivity index is 3.48. The molecule has 0 unspecified atom stereocenters. The van der Waals surface area contributed by atoms with Crippen LogP contribution in [-0.4, -0.2) is 10.9 Å². The van der Waals surface area contributed by atoms with Crippen LogP contribution in [0.25, 0.3) is 0 Å². The van der Waals surface area contributed by atoms with Crippen molar-refractivity contribution in [3.63, 3.8) is 0 Å². The fraction of sp³-hybridized carbons (Fsp3) is 0.143. The number of aromatic amines is 1. The maximum atomic E-state index is 12.3. The number of halogens is 3. The number of carbonyl (C=O) groups excluding carboxylic acids is 1. The van der Waals surface area contributed by atoms with Crippen molar-refractivity contribution < 1.29 is 13.6 Å². The molecule has 1 rings (SSSR count). The van der Waals surface area contributed by atoms with E-state index in [9.17, 15) is 18.4 Å². The Morgan fingerprint density at radius 3 is 2.57 bits per heavy atom. The molecule has 76 valence electrons. The highest BCUT2D eigenvalue weighted by atomic mass is 127. The second-order valence-electron chi connectivity index (χ2n) is 2.44. The molecule has 0 aromatic carbocycles. The van der Waals surface area contributed by atoms with E-state index in [1.807, 2.05) is 4.98 Å². The van der Waals surface area contributed by atoms with E-state index in [0.29, 0.717) is 0 Å². The first-order chi connectivity index (χ1) is 6.43. The Labute approximate surface area is 90.6 Å². The zero-order valence-electron chi connectivity index (χ0n) is 6.68. The van der Waals surface area contributed by atoms with E-state index in [1.54, 1.807) is 0 Å². The number of amides is 1. The minimum absolute atomic E-state index is 0.0234. The van der Waals surface area contributed by atoms with Crippen molar-refractivity contribution in [3.8, 4) is 0 Å². The van der Waals surface area contributed by atoms with Crippen LogP contribution in [0.2, 0.25) is 0 Å². The van der Waals surface area contributed by atoms with E-state index in [4.69, 9.17) is 5.73 Å². The number of pyridine rings is 1. The van der Waals surface area contributed by atoms with Gasteiger partial charge in [-0.3, -0.25) is 9.59 Å². The van der Waals surface area contributed by atoms with Gasteiger partial charge in [0.1, 0.15) is 0 Å². The van der Waals surface area contributed by atoms with Gasteiger partial charge < -0.3 is 10.7 Å². The summed E-state index contributed by atoms with van der Waals surface area (Å²) in [6, 6.07) is 0.899. The van der Waals surface area contributed by atoms with Crippen molar-refractivity contribution in [1.82, 2.24) is 4.98 Å². The highest BCUT2D eigenvalue weighted by Crippen LogP contribution is 2.23. The standard InChI is InChI=1S/C7H5F2IN2O2/c8-6(9)5-4(10)2(7(11)14)1-3(13)12-5/h1,6H,(H2,11,14)(H,12,13). The highest BCUT2D eigenvalue weighted by Gasteiger charge is 2.18. The first-order valence-corrected chi connectivity index (χ1v) is 4.52. The number of primary amides is 1. The van der Waals surface area contributed by atoms with Crippen molar-refractivity contribution >= 4 is 28.5 Å². The van der Waals surface area contributed by atoms with Crippen LogP contribution in [0.15, 0.2) is 10.9 Å². The Bertz CT molecular complexity index is 430. The molecule has 0 aliphatic heterocycles. The van der Waals surface area contributed by atoms with E-state index in [-0.39, 0.29) is 9.13 Å². The van der Waals surface area contributed by atoms with Crippen molar-refractivity contribution in [2.45, 2.75) is 6.43 Å². The van der Waals surface area contributed by atoms with Gasteiger partial charge in [-0.05, 0) is 22.6 Å². The third-order valence-electron chi connectivity index (χ3n) is 1.49. The van der Waals surface area contributed by atoms with Gasteiger partial charge in [-0.25, -0.2) is 8.78 Å². The Morgan fingerprint density at radius 2 is 2.14 bits per heavy atom. The summed E-state index contributed by atoms with van der Waals surface area (Å²) in [6.07, 6.45) is -2.84. The van der Waals surface area contributed by atoms with Crippen molar-refractivity contribution in [1.29, 1.82) is 0 Å². The summed E-state index contributed by atoms with van der Waals surface area (Å²) < 4.78 is 24.6. The largest absolute Gasteiger partial charge is 0.366 e. The highest BCUT2D eigenvalue weighted by molar-refractivity contribution is 14.1. The minimum atomic E-state index is -2.84. The second kappa shape index (κ2) is 4.03. The van der Waals surface area contributed by atoms with Gasteiger partial charge in [0.05, 0.1) is 14.8 Å². The van der Waals surface area contributed by atoms with Crippen LogP contribution in [0.3, 0.4) is 0 Å². The van der Waals surface area contributed by atoms with Crippen LogP contribution < -0.4 is 11.3 Å². The number of carbonyl (C=O) groups is 1. The summed E-state index contributed by atoms with van der Waals surface area (Å²) in [7, 11) is 0. The molecule has 0 spiro atoms. The van der Waals surface area contributed by atoms with Gasteiger partial charge in [0.15, 0.2) is 0 Å². The molecule has 0 atom stereocenters. The molecule has 0 bridgehead atoms. The summed E-state index contributed by atoms with van der Waals surface area (Å²) in [4.78, 5) is 23.6. The molecule has 7 heteroatoms. The molecule has 0 radical (unpaired) electrons. The SMILES string of the molecule is NC(=O)c1cc(=O)[nH]c(C(F)F)c1I. The average Bonchev–Trinajstić information content (AvgIpc) is 2.07. The summed E-state index contributed by atoms with van der Waals surface area (Å²) >= 11 is 1.54. The predicted octanol–water partition coefficient (Wildman–Crippen LogP) is 1.02. The quantitative estimate of drug-likeness (QED) is 0.800. The maximum Gasteiger partial charge on any atom is 0.279 e. The first kappa shape index (κ1) is 11.1. The van der Waals surface area contributed by atoms with Crippen molar-refractivity contribution in [2.75, 3.05) is 0 Å². The van der Waals surface area contributed by atoms with Crippen LogP contribution in [0, 0.1) is 3.57 Å². The topological polar surface area (TPSA) is 76.0 Å². The number of H-pyrrole nitrogens is 1. The third-order valence-corrected chi connectivity index (χ3v) is 2.65. The molecule has 0 aliphatic rings. The van der Waals surface area contributed by atoms with Gasteiger partial charge in [0, 0.05) is 6.07 Å². The van der Waals surface area contributed by atoms with Gasteiger partial charge in [-0.15, -0.1) is 0 Å². The molecule has 0 aliphatic carbocycles. The molecule has 1 amide bonds. The van der Waals surface area contributed by atoms with Crippen LogP contribution in [-0.2, 0) is 0 Å². The second-order valence-corrected chi connectivity index (χ2v) is 3.52. The van der Waals surface area contributed by atoms with E-state index >= 15 is 0 Å². The predicted molar refractivity (Wildman–Crippen MR) is 53.3 cm³/mol. The van der Waals surface area contributed by atoms with Gasteiger partial charge in [-0.2, -0.15) is 0 Å². The molecule has 1 aromatic rings. The summed E-state index contributed by atoms with van der Waals surface area (Å²) in [6.45, 7) is 0. The lowest BCUT2D eigenvalue weighted by atomic mass is 10.2. The number of alkyl halides is 2. The number of hydrogen-bond donors (Lipinski definition) is 2. The molecular weight excluding hydrogens is 309 g/mol. The molecule has 3 N–H and O–H groups in total. The lowest BCUT2D eigenvalue weighted by Crippen LogP contribution is -2.20. The Hall–Kier alpha value is -0.990. The Morgan fingerprint density at radius 1 is 1.57 bits per heavy atom. The van der Waals surface area contributed by atoms with Gasteiger partial charge in [0.2, 0.25) is 11.5 Å². The maximum absolute atomic E-state index is 12.3. The molecule has 4 nitrogen and oxygen atoms in total. The first-order valence-electron chi connectivity index (χ1n) is 3.44. The van der Waals surface area contributed by atoms with Crippen LogP contribution in [0.5, 0.6) is 0 Å². The van der Waals surface area contributed by atoms with E-state index < -0.39 is 23.6 Å². The van der Waals surface area contributed by atoms with Gasteiger partial charge in [-0.1, -0.05) is 0 Å². The summed E-state index contributed by atoms with van der Waals surface area (Å²) in [5.41, 5.74) is 3.38. The number of nitrogens with one attached hydrogen (secondary N) is 1. The molecule has 14 heavy (non-hydrogen) atoms. The van der Waals surface area contributed by atoms with Gasteiger partial charge >= 0.3 is 0 Å². The van der Waals surface area contributed by atoms with Crippen molar-refractivity contribution in [3.05, 3.63) is 31.2 Å². The number of nitrogens with two attached hydrogens (primary N) is 1. The van der Waals surface area contributed by atoms with Crippen LogP contribution in [0.4, 0.5) is 8.78 Å². The number of aromatic nitrogens is 1. The molecule has 0 saturated heterocycles. The average molecular weight is 314 g/mol. The lowest BCUT2D eigenvalue weighted by molar-refractivity contribution is 0.0998. The lowest BCUT2D eigenvalue weighted by Gasteiger charge is -2.05. The fourth-order valence-electron chi connectivity index (χ4n) is 0.893. The fourth-order valence-corrected chi connectivity index (χ4v) is 1.68. The third kappa shape index (κ3) is 2.08. The molecule has 0 fully saturated rings. The van der Waals surface area contributed by atoms with Crippen LogP contribution >= 0.6 is 22.6 Å². The van der Waals surface area contributed by atoms with Crippen LogP contribution in [0.1, 0.15) is 22.5 Å². The summed E-state index contributed by atoms with van der Waals surface area (Å²) in [5, 5.41) is 0. The monoisotopic (exact) mass is 314 g/mol. The normalized spacial score (nSPS) is 10.6. The smallest absolute Gasteiger partial charge is 0.279 e. The van der Waals surface area contributed by atoms with Crippen molar-refractivity contribution in [2.24, 2.45) is 5.73 Å². The minimum Gasteiger partial charge on any atom is -0.366 e. The van der Waals surface area contributed by atoms with E-state index in [0.717, 1.165) is 6.07 Å². The molecular formula is C7H5F2IN2O2. The van der Waals surface area contributed by atoms with Gasteiger partial charge in [0.25, 0.3) is 6.43 Å². The number of hydrogen-bond acceptors (Lipinski definition) is 2. The molecule has 1 heterocycles. The molecule has 1 aromatic heterocycles. The number of rotatable bonds is 2. The molecule has 0 saturated carbocycles. The van der Waals surface area contributed by atoms with E-state index in [1.165, 1.54) is 22.6 Å². The zero-order valence-corrected chi connectivity index (χ0v) is 8.84. The zero-order chi connectivity index (χ0) is 10.9.